The molecule has 0 aliphatic heterocycles. The van der Waals surface area contributed by atoms with E-state index in [2.05, 4.69) is 9.97 Å². The number of fused-ring (bicyclic) bond motifs is 1. The van der Waals surface area contributed by atoms with Crippen LogP contribution in [-0.4, -0.2) is 30.3 Å². The Morgan fingerprint density at radius 3 is 2.63 bits per heavy atom. The Bertz CT molecular complexity index is 755. The van der Waals surface area contributed by atoms with E-state index < -0.39 is 0 Å². The van der Waals surface area contributed by atoms with Gasteiger partial charge >= 0.3 is 5.69 Å². The zero-order valence-corrected chi connectivity index (χ0v) is 10.9. The van der Waals surface area contributed by atoms with E-state index in [-0.39, 0.29) is 23.3 Å². The SMILES string of the molecule is Cn1c(=O)c2[nH]c([C@@H]3CC[C@H](O)C3)nc2n(C)c1=O. The number of aromatic amines is 1. The van der Waals surface area contributed by atoms with Crippen molar-refractivity contribution in [3.8, 4) is 0 Å². The lowest BCUT2D eigenvalue weighted by Gasteiger charge is -2.03. The average Bonchev–Trinajstić information content (AvgIpc) is 3.00. The number of rotatable bonds is 1. The van der Waals surface area contributed by atoms with Crippen LogP contribution in [0.1, 0.15) is 31.0 Å². The van der Waals surface area contributed by atoms with E-state index in [1.807, 2.05) is 0 Å². The zero-order valence-electron chi connectivity index (χ0n) is 10.9. The van der Waals surface area contributed by atoms with Gasteiger partial charge in [-0.2, -0.15) is 0 Å². The van der Waals surface area contributed by atoms with Gasteiger partial charge in [0.2, 0.25) is 0 Å². The third kappa shape index (κ3) is 1.73. The van der Waals surface area contributed by atoms with E-state index in [1.54, 1.807) is 7.05 Å². The Labute approximate surface area is 108 Å². The first-order valence-electron chi connectivity index (χ1n) is 6.32. The summed E-state index contributed by atoms with van der Waals surface area (Å²) in [6.45, 7) is 0. The molecule has 2 N–H and O–H groups in total. The monoisotopic (exact) mass is 264 g/mol. The first kappa shape index (κ1) is 12.2. The maximum absolute atomic E-state index is 12.0. The summed E-state index contributed by atoms with van der Waals surface area (Å²) in [4.78, 5) is 31.2. The number of imidazole rings is 1. The van der Waals surface area contributed by atoms with Crippen LogP contribution in [0.5, 0.6) is 0 Å². The van der Waals surface area contributed by atoms with Crippen LogP contribution < -0.4 is 11.2 Å². The Morgan fingerprint density at radius 2 is 2.00 bits per heavy atom. The van der Waals surface area contributed by atoms with Crippen molar-refractivity contribution in [1.29, 1.82) is 0 Å². The van der Waals surface area contributed by atoms with Crippen molar-refractivity contribution < 1.29 is 5.11 Å². The number of nitrogens with one attached hydrogen (secondary N) is 1. The lowest BCUT2D eigenvalue weighted by atomic mass is 10.1. The fraction of sp³-hybridized carbons (Fsp3) is 0.583. The summed E-state index contributed by atoms with van der Waals surface area (Å²) in [5.74, 6) is 0.812. The Kier molecular flexibility index (Phi) is 2.60. The largest absolute Gasteiger partial charge is 0.393 e. The van der Waals surface area contributed by atoms with Crippen molar-refractivity contribution >= 4 is 11.2 Å². The summed E-state index contributed by atoms with van der Waals surface area (Å²) < 4.78 is 2.43. The number of aliphatic hydroxyl groups is 1. The van der Waals surface area contributed by atoms with Gasteiger partial charge in [0.1, 0.15) is 11.3 Å². The first-order valence-corrected chi connectivity index (χ1v) is 6.32. The average molecular weight is 264 g/mol. The summed E-state index contributed by atoms with van der Waals surface area (Å²) in [7, 11) is 3.04. The Balaban J connectivity index is 2.21. The van der Waals surface area contributed by atoms with Crippen molar-refractivity contribution in [1.82, 2.24) is 19.1 Å². The van der Waals surface area contributed by atoms with Crippen molar-refractivity contribution in [2.24, 2.45) is 14.1 Å². The highest BCUT2D eigenvalue weighted by Crippen LogP contribution is 2.33. The van der Waals surface area contributed by atoms with Crippen LogP contribution in [0.4, 0.5) is 0 Å². The molecule has 2 aromatic heterocycles. The quantitative estimate of drug-likeness (QED) is 0.732. The summed E-state index contributed by atoms with van der Waals surface area (Å²) in [5.41, 5.74) is -0.0251. The summed E-state index contributed by atoms with van der Waals surface area (Å²) in [6.07, 6.45) is 1.94. The van der Waals surface area contributed by atoms with E-state index in [4.69, 9.17) is 0 Å². The second-order valence-electron chi connectivity index (χ2n) is 5.19. The van der Waals surface area contributed by atoms with Crippen LogP contribution in [-0.2, 0) is 14.1 Å². The van der Waals surface area contributed by atoms with Gasteiger partial charge in [-0.05, 0) is 19.3 Å². The second-order valence-corrected chi connectivity index (χ2v) is 5.19. The van der Waals surface area contributed by atoms with E-state index >= 15 is 0 Å². The molecular formula is C12H16N4O3. The highest BCUT2D eigenvalue weighted by Gasteiger charge is 2.27. The molecule has 0 aromatic carbocycles. The van der Waals surface area contributed by atoms with Gasteiger partial charge in [-0.25, -0.2) is 9.78 Å². The summed E-state index contributed by atoms with van der Waals surface area (Å²) >= 11 is 0. The molecule has 19 heavy (non-hydrogen) atoms. The van der Waals surface area contributed by atoms with Crippen LogP contribution in [0.25, 0.3) is 11.2 Å². The van der Waals surface area contributed by atoms with Gasteiger partial charge in [0.05, 0.1) is 6.10 Å². The molecule has 7 nitrogen and oxygen atoms in total. The highest BCUT2D eigenvalue weighted by molar-refractivity contribution is 5.69. The van der Waals surface area contributed by atoms with E-state index in [1.165, 1.54) is 11.6 Å². The van der Waals surface area contributed by atoms with E-state index in [9.17, 15) is 14.7 Å². The molecule has 1 saturated carbocycles. The van der Waals surface area contributed by atoms with Gasteiger partial charge < -0.3 is 10.1 Å². The van der Waals surface area contributed by atoms with E-state index in [0.717, 1.165) is 17.4 Å². The molecule has 3 rings (SSSR count). The third-order valence-electron chi connectivity index (χ3n) is 3.90. The number of aliphatic hydroxyl groups excluding tert-OH is 1. The third-order valence-corrected chi connectivity index (χ3v) is 3.90. The van der Waals surface area contributed by atoms with Crippen LogP contribution in [0.3, 0.4) is 0 Å². The van der Waals surface area contributed by atoms with Crippen molar-refractivity contribution in [2.45, 2.75) is 31.3 Å². The molecule has 0 amide bonds. The molecule has 1 fully saturated rings. The van der Waals surface area contributed by atoms with Gasteiger partial charge in [0, 0.05) is 20.0 Å². The normalized spacial score (nSPS) is 23.3. The molecule has 0 radical (unpaired) electrons. The predicted molar refractivity (Wildman–Crippen MR) is 69.2 cm³/mol. The fourth-order valence-electron chi connectivity index (χ4n) is 2.74. The number of hydrogen-bond acceptors (Lipinski definition) is 4. The molecule has 2 aromatic rings. The Morgan fingerprint density at radius 1 is 1.26 bits per heavy atom. The number of hydrogen-bond donors (Lipinski definition) is 2. The lowest BCUT2D eigenvalue weighted by molar-refractivity contribution is 0.181. The molecule has 0 unspecified atom stereocenters. The number of aryl methyl sites for hydroxylation is 1. The van der Waals surface area contributed by atoms with E-state index in [0.29, 0.717) is 23.4 Å². The van der Waals surface area contributed by atoms with Crippen LogP contribution in [0.2, 0.25) is 0 Å². The van der Waals surface area contributed by atoms with Gasteiger partial charge in [-0.1, -0.05) is 0 Å². The van der Waals surface area contributed by atoms with Crippen LogP contribution in [0.15, 0.2) is 9.59 Å². The van der Waals surface area contributed by atoms with Gasteiger partial charge in [0.25, 0.3) is 5.56 Å². The topological polar surface area (TPSA) is 92.9 Å². The van der Waals surface area contributed by atoms with Crippen molar-refractivity contribution in [3.05, 3.63) is 26.7 Å². The first-order chi connectivity index (χ1) is 8.99. The summed E-state index contributed by atoms with van der Waals surface area (Å²) in [6, 6.07) is 0. The maximum atomic E-state index is 12.0. The second kappa shape index (κ2) is 4.06. The number of H-pyrrole nitrogens is 1. The summed E-state index contributed by atoms with van der Waals surface area (Å²) in [5, 5.41) is 9.57. The van der Waals surface area contributed by atoms with Crippen molar-refractivity contribution in [2.75, 3.05) is 0 Å². The molecular weight excluding hydrogens is 248 g/mol. The minimum atomic E-state index is -0.387. The fourth-order valence-corrected chi connectivity index (χ4v) is 2.74. The molecule has 102 valence electrons. The maximum Gasteiger partial charge on any atom is 0.332 e. The molecule has 1 aliphatic rings. The minimum Gasteiger partial charge on any atom is -0.393 e. The zero-order chi connectivity index (χ0) is 13.7. The van der Waals surface area contributed by atoms with Gasteiger partial charge in [-0.3, -0.25) is 13.9 Å². The lowest BCUT2D eigenvalue weighted by Crippen LogP contribution is -2.36. The highest BCUT2D eigenvalue weighted by atomic mass is 16.3. The molecule has 2 atom stereocenters. The smallest absolute Gasteiger partial charge is 0.332 e. The van der Waals surface area contributed by atoms with Crippen molar-refractivity contribution in [3.63, 3.8) is 0 Å². The molecule has 0 saturated heterocycles. The van der Waals surface area contributed by atoms with Gasteiger partial charge in [-0.15, -0.1) is 0 Å². The molecule has 7 heteroatoms. The number of aromatic nitrogens is 4. The molecule has 0 bridgehead atoms. The van der Waals surface area contributed by atoms with Crippen LogP contribution >= 0.6 is 0 Å². The predicted octanol–water partition coefficient (Wildman–Crippen LogP) is -0.411. The standard InChI is InChI=1S/C12H16N4O3/c1-15-10-8(11(18)16(2)12(15)19)13-9(14-10)6-3-4-7(17)5-6/h6-7,17H,3-5H2,1-2H3,(H,13,14)/t6-,7+/m1/s1. The van der Waals surface area contributed by atoms with Crippen LogP contribution in [0, 0.1) is 0 Å². The minimum absolute atomic E-state index is 0.127. The number of nitrogens with zero attached hydrogens (tertiary/aromatic N) is 3. The molecule has 0 spiro atoms. The Hall–Kier alpha value is -1.89. The van der Waals surface area contributed by atoms with Gasteiger partial charge in [0.15, 0.2) is 5.65 Å². The molecule has 2 heterocycles. The molecule has 1 aliphatic carbocycles.